The van der Waals surface area contributed by atoms with Crippen LogP contribution < -0.4 is 8.85 Å². The van der Waals surface area contributed by atoms with Gasteiger partial charge in [-0.1, -0.05) is 83.1 Å². The van der Waals surface area contributed by atoms with Crippen molar-refractivity contribution in [3.63, 3.8) is 0 Å². The van der Waals surface area contributed by atoms with Gasteiger partial charge < -0.3 is 19.1 Å². The van der Waals surface area contributed by atoms with Crippen LogP contribution >= 0.6 is 0 Å². The number of aromatic hydroxyl groups is 1. The zero-order valence-corrected chi connectivity index (χ0v) is 33.0. The Kier molecular flexibility index (Phi) is 17.1. The molecule has 0 aliphatic carbocycles. The molecule has 3 rings (SSSR count). The highest BCUT2D eigenvalue weighted by molar-refractivity contribution is 6.78. The van der Waals surface area contributed by atoms with Crippen LogP contribution in [0.1, 0.15) is 114 Å². The average Bonchev–Trinajstić information content (AvgIpc) is 3.03. The summed E-state index contributed by atoms with van der Waals surface area (Å²) >= 11 is 0. The molecule has 0 aliphatic rings. The summed E-state index contributed by atoms with van der Waals surface area (Å²) in [5.41, 5.74) is 4.73. The van der Waals surface area contributed by atoms with E-state index in [0.29, 0.717) is 49.9 Å². The summed E-state index contributed by atoms with van der Waals surface area (Å²) in [5, 5.41) is 17.7. The first-order valence-corrected chi connectivity index (χ1v) is 21.2. The molecule has 0 aromatic heterocycles. The third-order valence-corrected chi connectivity index (χ3v) is 21.2. The number of phenolic OH excluding ortho intramolecular Hbond substituents is 1. The van der Waals surface area contributed by atoms with Crippen LogP contribution in [0.4, 0.5) is 0 Å². The lowest BCUT2D eigenvalue weighted by Gasteiger charge is -2.42. The normalized spacial score (nSPS) is 11.6. The highest BCUT2D eigenvalue weighted by Gasteiger charge is 2.48. The molecule has 264 valence electrons. The van der Waals surface area contributed by atoms with Gasteiger partial charge in [-0.3, -0.25) is 9.59 Å². The zero-order valence-electron chi connectivity index (χ0n) is 31.0. The summed E-state index contributed by atoms with van der Waals surface area (Å²) in [6.07, 6.45) is 1.60. The molecule has 0 unspecified atom stereocenters. The number of aldehydes is 2. The Labute approximate surface area is 291 Å². The van der Waals surface area contributed by atoms with Crippen molar-refractivity contribution in [2.75, 3.05) is 0 Å². The van der Waals surface area contributed by atoms with Crippen molar-refractivity contribution < 1.29 is 33.4 Å². The van der Waals surface area contributed by atoms with E-state index in [9.17, 15) is 14.4 Å². The summed E-state index contributed by atoms with van der Waals surface area (Å²) in [6.45, 7) is 27.0. The van der Waals surface area contributed by atoms with E-state index in [1.54, 1.807) is 36.4 Å². The van der Waals surface area contributed by atoms with Gasteiger partial charge in [0.2, 0.25) is 0 Å². The molecule has 0 aliphatic heterocycles. The summed E-state index contributed by atoms with van der Waals surface area (Å²) < 4.78 is 13.0. The van der Waals surface area contributed by atoms with Gasteiger partial charge in [0, 0.05) is 11.1 Å². The number of rotatable bonds is 13. The Morgan fingerprint density at radius 2 is 0.792 bits per heavy atom. The monoisotopic (exact) mass is 694 g/mol. The molecule has 3 aromatic carbocycles. The largest absolute Gasteiger partial charge is 0.543 e. The lowest BCUT2D eigenvalue weighted by atomic mass is 10.2. The first-order valence-electron chi connectivity index (χ1n) is 16.9. The van der Waals surface area contributed by atoms with Gasteiger partial charge in [0.1, 0.15) is 29.8 Å². The predicted octanol–water partition coefficient (Wildman–Crippen LogP) is 11.2. The Balaban J connectivity index is 0.000000384. The molecule has 7 nitrogen and oxygen atoms in total. The molecule has 48 heavy (non-hydrogen) atoms. The van der Waals surface area contributed by atoms with E-state index in [0.717, 1.165) is 24.1 Å². The number of benzene rings is 3. The molecule has 0 saturated heterocycles. The number of hydrogen-bond acceptors (Lipinski definition) is 6. The molecule has 0 saturated carbocycles. The SMILES string of the molecule is CC(C)[Si](Oc1ccc(C(=O)O)cc1)(C(C)C)C(C)C.CC(C)[Si](Oc1ccc(C=O)cc1)(C(C)C)C(C)C.O=Cc1ccc(O)cc1. The van der Waals surface area contributed by atoms with Crippen LogP contribution in [0, 0.1) is 0 Å². The van der Waals surface area contributed by atoms with Crippen LogP contribution in [-0.4, -0.2) is 45.4 Å². The van der Waals surface area contributed by atoms with Crippen LogP contribution in [0.25, 0.3) is 0 Å². The van der Waals surface area contributed by atoms with E-state index in [4.69, 9.17) is 19.1 Å². The summed E-state index contributed by atoms with van der Waals surface area (Å²) in [6, 6.07) is 20.3. The van der Waals surface area contributed by atoms with Crippen LogP contribution in [0.5, 0.6) is 17.2 Å². The van der Waals surface area contributed by atoms with Crippen molar-refractivity contribution in [3.05, 3.63) is 89.5 Å². The fourth-order valence-electron chi connectivity index (χ4n) is 6.95. The minimum atomic E-state index is -1.96. The first kappa shape index (κ1) is 42.3. The van der Waals surface area contributed by atoms with Crippen LogP contribution in [0.15, 0.2) is 72.8 Å². The van der Waals surface area contributed by atoms with E-state index < -0.39 is 22.6 Å². The zero-order chi connectivity index (χ0) is 36.8. The van der Waals surface area contributed by atoms with Gasteiger partial charge in [-0.25, -0.2) is 4.79 Å². The fourth-order valence-corrected chi connectivity index (χ4v) is 17.5. The lowest BCUT2D eigenvalue weighted by molar-refractivity contribution is 0.0696. The second-order valence-corrected chi connectivity index (χ2v) is 24.8. The molecular formula is C39H58O7Si2. The molecule has 0 bridgehead atoms. The number of carboxylic acid groups (broad SMARTS) is 1. The second-order valence-electron chi connectivity index (χ2n) is 14.1. The van der Waals surface area contributed by atoms with Gasteiger partial charge in [-0.05, 0) is 106 Å². The minimum absolute atomic E-state index is 0.181. The Bertz CT molecular complexity index is 1350. The van der Waals surface area contributed by atoms with Crippen molar-refractivity contribution in [2.24, 2.45) is 0 Å². The Morgan fingerprint density at radius 1 is 0.521 bits per heavy atom. The number of carbonyl (C=O) groups excluding carboxylic acids is 2. The number of carboxylic acids is 1. The molecule has 0 atom stereocenters. The maximum atomic E-state index is 10.9. The number of hydrogen-bond donors (Lipinski definition) is 2. The van der Waals surface area contributed by atoms with E-state index >= 15 is 0 Å². The predicted molar refractivity (Wildman–Crippen MR) is 202 cm³/mol. The van der Waals surface area contributed by atoms with E-state index in [1.165, 1.54) is 12.1 Å². The van der Waals surface area contributed by atoms with Gasteiger partial charge in [0.05, 0.1) is 5.56 Å². The molecular weight excluding hydrogens is 637 g/mol. The number of phenols is 1. The van der Waals surface area contributed by atoms with Crippen LogP contribution in [0.3, 0.4) is 0 Å². The summed E-state index contributed by atoms with van der Waals surface area (Å²) in [4.78, 5) is 31.6. The third kappa shape index (κ3) is 11.2. The van der Waals surface area contributed by atoms with Crippen molar-refractivity contribution in [1.29, 1.82) is 0 Å². The highest BCUT2D eigenvalue weighted by Crippen LogP contribution is 2.43. The van der Waals surface area contributed by atoms with E-state index in [-0.39, 0.29) is 5.75 Å². The molecule has 3 aromatic rings. The van der Waals surface area contributed by atoms with Crippen LogP contribution in [-0.2, 0) is 0 Å². The number of carbonyl (C=O) groups is 3. The molecule has 0 spiro atoms. The van der Waals surface area contributed by atoms with E-state index in [1.807, 2.05) is 24.3 Å². The quantitative estimate of drug-likeness (QED) is 0.135. The lowest BCUT2D eigenvalue weighted by Crippen LogP contribution is -2.50. The van der Waals surface area contributed by atoms with Crippen molar-refractivity contribution in [3.8, 4) is 17.2 Å². The minimum Gasteiger partial charge on any atom is -0.543 e. The summed E-state index contributed by atoms with van der Waals surface area (Å²) in [7, 11) is -3.84. The van der Waals surface area contributed by atoms with Gasteiger partial charge in [0.15, 0.2) is 0 Å². The van der Waals surface area contributed by atoms with Crippen molar-refractivity contribution in [1.82, 2.24) is 0 Å². The van der Waals surface area contributed by atoms with Gasteiger partial charge in [0.25, 0.3) is 16.6 Å². The molecule has 0 heterocycles. The molecule has 0 fully saturated rings. The molecule has 2 N–H and O–H groups in total. The maximum Gasteiger partial charge on any atom is 0.335 e. The van der Waals surface area contributed by atoms with Gasteiger partial charge >= 0.3 is 5.97 Å². The topological polar surface area (TPSA) is 110 Å². The van der Waals surface area contributed by atoms with Gasteiger partial charge in [-0.2, -0.15) is 0 Å². The first-order chi connectivity index (χ1) is 22.4. The van der Waals surface area contributed by atoms with Crippen molar-refractivity contribution in [2.45, 2.75) is 116 Å². The Morgan fingerprint density at radius 3 is 1.04 bits per heavy atom. The molecule has 0 amide bonds. The molecule has 0 radical (unpaired) electrons. The number of aromatic carboxylic acids is 1. The van der Waals surface area contributed by atoms with Crippen molar-refractivity contribution >= 4 is 35.2 Å². The highest BCUT2D eigenvalue weighted by atomic mass is 28.4. The standard InChI is InChI=1S/C16H26O3Si.C16H26O2Si.C7H6O2/c1-11(2)20(12(3)4,13(5)6)19-15-9-7-14(8-10-15)16(17)18;1-12(2)19(13(3)4,14(5)6)18-16-9-7-15(11-17)8-10-16;8-5-6-1-3-7(9)4-2-6/h7-13H,1-6H3,(H,17,18);7-14H,1-6H3;1-5,9H. The smallest absolute Gasteiger partial charge is 0.335 e. The molecule has 9 heteroatoms. The van der Waals surface area contributed by atoms with Gasteiger partial charge in [-0.15, -0.1) is 0 Å². The van der Waals surface area contributed by atoms with E-state index in [2.05, 4.69) is 83.1 Å². The third-order valence-electron chi connectivity index (χ3n) is 9.15. The fraction of sp³-hybridized carbons (Fsp3) is 0.462. The maximum absolute atomic E-state index is 10.9. The summed E-state index contributed by atoms with van der Waals surface area (Å²) in [5.74, 6) is 0.961. The van der Waals surface area contributed by atoms with Crippen LogP contribution in [0.2, 0.25) is 33.2 Å². The Hall–Kier alpha value is -3.70. The second kappa shape index (κ2) is 19.3. The average molecular weight is 695 g/mol.